The van der Waals surface area contributed by atoms with Crippen LogP contribution in [0.25, 0.3) is 0 Å². The number of fused-ring (bicyclic) bond motifs is 1. The van der Waals surface area contributed by atoms with E-state index in [0.717, 1.165) is 12.8 Å². The molecule has 2 aliphatic carbocycles. The molecule has 2 rings (SSSR count). The van der Waals surface area contributed by atoms with Gasteiger partial charge in [-0.3, -0.25) is 9.59 Å². The van der Waals surface area contributed by atoms with Gasteiger partial charge in [0.2, 0.25) is 0 Å². The number of hydrogen-bond acceptors (Lipinski definition) is 3. The highest BCUT2D eigenvalue weighted by Crippen LogP contribution is 2.60. The van der Waals surface area contributed by atoms with Gasteiger partial charge in [0.05, 0.1) is 5.41 Å². The van der Waals surface area contributed by atoms with Crippen LogP contribution in [-0.2, 0) is 14.4 Å². The molecule has 0 spiro atoms. The minimum atomic E-state index is -0.738. The van der Waals surface area contributed by atoms with Crippen molar-refractivity contribution in [3.63, 3.8) is 0 Å². The molecule has 2 fully saturated rings. The molecular formula is C17H26O4. The van der Waals surface area contributed by atoms with Crippen LogP contribution in [0, 0.1) is 22.7 Å². The smallest absolute Gasteiger partial charge is 0.309 e. The van der Waals surface area contributed by atoms with E-state index in [4.69, 9.17) is 0 Å². The van der Waals surface area contributed by atoms with Gasteiger partial charge in [0.15, 0.2) is 0 Å². The molecule has 0 radical (unpaired) electrons. The molecule has 4 nitrogen and oxygen atoms in total. The van der Waals surface area contributed by atoms with Crippen molar-refractivity contribution in [3.8, 4) is 0 Å². The zero-order valence-corrected chi connectivity index (χ0v) is 13.3. The number of carboxylic acids is 1. The Balaban J connectivity index is 2.33. The monoisotopic (exact) mass is 294 g/mol. The Bertz CT molecular complexity index is 469. The molecular weight excluding hydrogens is 268 g/mol. The Hall–Kier alpha value is -1.19. The van der Waals surface area contributed by atoms with Crippen molar-refractivity contribution in [2.45, 2.75) is 65.7 Å². The summed E-state index contributed by atoms with van der Waals surface area (Å²) in [6, 6.07) is 0. The molecule has 0 aromatic carbocycles. The first kappa shape index (κ1) is 16.2. The molecule has 0 saturated heterocycles. The lowest BCUT2D eigenvalue weighted by Crippen LogP contribution is -2.55. The second-order valence-electron chi connectivity index (χ2n) is 7.43. The van der Waals surface area contributed by atoms with E-state index >= 15 is 0 Å². The van der Waals surface area contributed by atoms with E-state index in [1.807, 2.05) is 6.92 Å². The topological polar surface area (TPSA) is 71.4 Å². The number of aliphatic carboxylic acids is 1. The molecule has 0 aromatic rings. The molecule has 0 amide bonds. The van der Waals surface area contributed by atoms with Crippen LogP contribution in [0.15, 0.2) is 0 Å². The van der Waals surface area contributed by atoms with Gasteiger partial charge in [0, 0.05) is 18.8 Å². The van der Waals surface area contributed by atoms with Crippen LogP contribution in [-0.4, -0.2) is 22.6 Å². The third kappa shape index (κ3) is 2.65. The van der Waals surface area contributed by atoms with Crippen molar-refractivity contribution < 1.29 is 19.5 Å². The summed E-state index contributed by atoms with van der Waals surface area (Å²) in [7, 11) is 0. The number of carbonyl (C=O) groups excluding carboxylic acids is 2. The molecule has 0 heterocycles. The Morgan fingerprint density at radius 2 is 1.95 bits per heavy atom. The fourth-order valence-corrected chi connectivity index (χ4v) is 4.90. The minimum Gasteiger partial charge on any atom is -0.481 e. The summed E-state index contributed by atoms with van der Waals surface area (Å²) in [6.07, 6.45) is 4.57. The molecule has 21 heavy (non-hydrogen) atoms. The van der Waals surface area contributed by atoms with Gasteiger partial charge in [0.1, 0.15) is 11.6 Å². The van der Waals surface area contributed by atoms with E-state index in [9.17, 15) is 19.5 Å². The molecule has 1 N–H and O–H groups in total. The van der Waals surface area contributed by atoms with Gasteiger partial charge in [-0.05, 0) is 50.9 Å². The lowest BCUT2D eigenvalue weighted by molar-refractivity contribution is -0.170. The Morgan fingerprint density at radius 3 is 2.52 bits per heavy atom. The van der Waals surface area contributed by atoms with E-state index < -0.39 is 11.4 Å². The second kappa shape index (κ2) is 5.54. The molecule has 0 unspecified atom stereocenters. The van der Waals surface area contributed by atoms with Crippen LogP contribution in [0.4, 0.5) is 0 Å². The average molecular weight is 294 g/mol. The van der Waals surface area contributed by atoms with E-state index in [2.05, 4.69) is 6.92 Å². The van der Waals surface area contributed by atoms with Crippen molar-refractivity contribution in [1.29, 1.82) is 0 Å². The molecule has 2 aliphatic rings. The lowest BCUT2D eigenvalue weighted by Gasteiger charge is -2.56. The molecule has 4 heteroatoms. The van der Waals surface area contributed by atoms with Gasteiger partial charge in [-0.15, -0.1) is 0 Å². The third-order valence-corrected chi connectivity index (χ3v) is 6.11. The summed E-state index contributed by atoms with van der Waals surface area (Å²) in [6.45, 7) is 5.48. The van der Waals surface area contributed by atoms with Gasteiger partial charge >= 0.3 is 5.97 Å². The van der Waals surface area contributed by atoms with Gasteiger partial charge in [-0.25, -0.2) is 0 Å². The normalized spacial score (nSPS) is 39.7. The Labute approximate surface area is 126 Å². The summed E-state index contributed by atoms with van der Waals surface area (Å²) >= 11 is 0. The molecule has 2 saturated carbocycles. The van der Waals surface area contributed by atoms with Crippen molar-refractivity contribution >= 4 is 17.5 Å². The molecule has 0 aliphatic heterocycles. The van der Waals surface area contributed by atoms with Crippen LogP contribution in [0.2, 0.25) is 0 Å². The highest BCUT2D eigenvalue weighted by atomic mass is 16.4. The van der Waals surface area contributed by atoms with E-state index in [0.29, 0.717) is 32.1 Å². The standard InChI is InChI=1S/C17H26O4/c1-11(18)5-6-12-13(19)7-8-14-16(12,2)9-4-10-17(14,3)15(20)21/h12,14H,4-10H2,1-3H3,(H,20,21)/t12-,14+,16+,17-/m0/s1. The average Bonchev–Trinajstić information content (AvgIpc) is 2.36. The summed E-state index contributed by atoms with van der Waals surface area (Å²) < 4.78 is 0. The quantitative estimate of drug-likeness (QED) is 0.864. The fraction of sp³-hybridized carbons (Fsp3) is 0.824. The fourth-order valence-electron chi connectivity index (χ4n) is 4.90. The maximum absolute atomic E-state index is 12.4. The van der Waals surface area contributed by atoms with Crippen LogP contribution in [0.5, 0.6) is 0 Å². The first-order chi connectivity index (χ1) is 9.71. The number of ketones is 2. The highest BCUT2D eigenvalue weighted by Gasteiger charge is 2.58. The number of hydrogen-bond donors (Lipinski definition) is 1. The Morgan fingerprint density at radius 1 is 1.29 bits per heavy atom. The van der Waals surface area contributed by atoms with Crippen molar-refractivity contribution in [2.24, 2.45) is 22.7 Å². The van der Waals surface area contributed by atoms with Crippen LogP contribution in [0.1, 0.15) is 65.7 Å². The molecule has 0 bridgehead atoms. The number of carboxylic acid groups (broad SMARTS) is 1. The largest absolute Gasteiger partial charge is 0.481 e. The van der Waals surface area contributed by atoms with Gasteiger partial charge in [-0.2, -0.15) is 0 Å². The molecule has 4 atom stereocenters. The van der Waals surface area contributed by atoms with Gasteiger partial charge in [-0.1, -0.05) is 13.3 Å². The number of rotatable bonds is 4. The maximum Gasteiger partial charge on any atom is 0.309 e. The predicted molar refractivity (Wildman–Crippen MR) is 78.8 cm³/mol. The maximum atomic E-state index is 12.4. The van der Waals surface area contributed by atoms with Crippen LogP contribution in [0.3, 0.4) is 0 Å². The van der Waals surface area contributed by atoms with E-state index in [-0.39, 0.29) is 28.8 Å². The van der Waals surface area contributed by atoms with E-state index in [1.165, 1.54) is 0 Å². The second-order valence-corrected chi connectivity index (χ2v) is 7.43. The number of carbonyl (C=O) groups is 3. The van der Waals surface area contributed by atoms with Crippen molar-refractivity contribution in [3.05, 3.63) is 0 Å². The molecule has 118 valence electrons. The molecule has 0 aromatic heterocycles. The SMILES string of the molecule is CC(=O)CC[C@H]1C(=O)CC[C@@H]2[C@]1(C)CCC[C@]2(C)C(=O)O. The van der Waals surface area contributed by atoms with Gasteiger partial charge < -0.3 is 9.90 Å². The van der Waals surface area contributed by atoms with Crippen molar-refractivity contribution in [1.82, 2.24) is 0 Å². The van der Waals surface area contributed by atoms with Crippen LogP contribution < -0.4 is 0 Å². The summed E-state index contributed by atoms with van der Waals surface area (Å²) in [5.74, 6) is -0.530. The lowest BCUT2D eigenvalue weighted by atomic mass is 9.47. The van der Waals surface area contributed by atoms with Crippen molar-refractivity contribution in [2.75, 3.05) is 0 Å². The predicted octanol–water partition coefficient (Wildman–Crippen LogP) is 3.23. The van der Waals surface area contributed by atoms with E-state index in [1.54, 1.807) is 6.92 Å². The minimum absolute atomic E-state index is 0.0332. The summed E-state index contributed by atoms with van der Waals surface area (Å²) in [5.41, 5.74) is -1.00. The van der Waals surface area contributed by atoms with Crippen LogP contribution >= 0.6 is 0 Å². The zero-order valence-electron chi connectivity index (χ0n) is 13.3. The number of Topliss-reactive ketones (excluding diaryl/α,β-unsaturated/α-hetero) is 2. The first-order valence-corrected chi connectivity index (χ1v) is 7.97. The summed E-state index contributed by atoms with van der Waals surface area (Å²) in [4.78, 5) is 35.5. The highest BCUT2D eigenvalue weighted by molar-refractivity contribution is 5.85. The van der Waals surface area contributed by atoms with Gasteiger partial charge in [0.25, 0.3) is 0 Å². The summed E-state index contributed by atoms with van der Waals surface area (Å²) in [5, 5.41) is 9.68. The third-order valence-electron chi connectivity index (χ3n) is 6.11. The first-order valence-electron chi connectivity index (χ1n) is 7.97. The Kier molecular flexibility index (Phi) is 4.27. The zero-order chi connectivity index (χ0) is 15.8.